The van der Waals surface area contributed by atoms with Crippen molar-refractivity contribution in [3.8, 4) is 0 Å². The van der Waals surface area contributed by atoms with Crippen LogP contribution < -0.4 is 4.31 Å². The highest BCUT2D eigenvalue weighted by Gasteiger charge is 2.31. The van der Waals surface area contributed by atoms with Gasteiger partial charge in [0.1, 0.15) is 4.90 Å². The Labute approximate surface area is 105 Å². The topological polar surface area (TPSA) is 66.1 Å². The molecule has 1 aromatic heterocycles. The Hall–Kier alpha value is -1.82. The van der Waals surface area contributed by atoms with Crippen molar-refractivity contribution in [3.05, 3.63) is 41.7 Å². The zero-order chi connectivity index (χ0) is 12.8. The van der Waals surface area contributed by atoms with Crippen LogP contribution in [-0.4, -0.2) is 25.2 Å². The maximum atomic E-state index is 12.4. The molecule has 2 aromatic rings. The van der Waals surface area contributed by atoms with E-state index >= 15 is 0 Å². The zero-order valence-corrected chi connectivity index (χ0v) is 10.7. The molecule has 0 atom stereocenters. The second-order valence-corrected chi connectivity index (χ2v) is 6.20. The Morgan fingerprint density at radius 2 is 2.22 bits per heavy atom. The normalized spacial score (nSPS) is 14.8. The summed E-state index contributed by atoms with van der Waals surface area (Å²) in [6.45, 7) is 2.50. The van der Waals surface area contributed by atoms with E-state index in [2.05, 4.69) is 10.2 Å². The van der Waals surface area contributed by atoms with Crippen molar-refractivity contribution in [1.82, 2.24) is 10.2 Å². The van der Waals surface area contributed by atoms with E-state index in [4.69, 9.17) is 0 Å². The fourth-order valence-corrected chi connectivity index (χ4v) is 3.74. The lowest BCUT2D eigenvalue weighted by molar-refractivity contribution is 0.592. The molecule has 3 rings (SSSR count). The molecule has 6 heteroatoms. The minimum absolute atomic E-state index is 0.205. The molecule has 2 heterocycles. The molecule has 1 aromatic carbocycles. The van der Waals surface area contributed by atoms with Gasteiger partial charge in [0, 0.05) is 12.7 Å². The summed E-state index contributed by atoms with van der Waals surface area (Å²) in [4.78, 5) is 0.205. The standard InChI is InChI=1S/C12H13N3O2S/c1-9-3-2-4-12-11(9)5-6-15(12)18(16,17)10-7-13-14-8-10/h2-4,7-8H,5-6H2,1H3,(H,13,14). The minimum Gasteiger partial charge on any atom is -0.284 e. The summed E-state index contributed by atoms with van der Waals surface area (Å²) in [5.74, 6) is 0. The number of aromatic nitrogens is 2. The van der Waals surface area contributed by atoms with Crippen molar-refractivity contribution in [2.24, 2.45) is 0 Å². The van der Waals surface area contributed by atoms with Gasteiger partial charge >= 0.3 is 0 Å². The molecule has 18 heavy (non-hydrogen) atoms. The van der Waals surface area contributed by atoms with Gasteiger partial charge < -0.3 is 0 Å². The third-order valence-corrected chi connectivity index (χ3v) is 5.06. The van der Waals surface area contributed by atoms with Crippen LogP contribution in [0.15, 0.2) is 35.5 Å². The third kappa shape index (κ3) is 1.53. The molecule has 5 nitrogen and oxygen atoms in total. The zero-order valence-electron chi connectivity index (χ0n) is 9.92. The molecule has 1 aliphatic heterocycles. The van der Waals surface area contributed by atoms with Gasteiger partial charge in [0.15, 0.2) is 0 Å². The van der Waals surface area contributed by atoms with E-state index in [-0.39, 0.29) is 4.90 Å². The van der Waals surface area contributed by atoms with Gasteiger partial charge in [0.2, 0.25) is 0 Å². The van der Waals surface area contributed by atoms with Crippen molar-refractivity contribution in [1.29, 1.82) is 0 Å². The van der Waals surface area contributed by atoms with Gasteiger partial charge in [-0.3, -0.25) is 9.40 Å². The van der Waals surface area contributed by atoms with Crippen LogP contribution in [-0.2, 0) is 16.4 Å². The molecule has 1 N–H and O–H groups in total. The Morgan fingerprint density at radius 1 is 1.39 bits per heavy atom. The Bertz CT molecular complexity index is 677. The minimum atomic E-state index is -3.49. The summed E-state index contributed by atoms with van der Waals surface area (Å²) in [6.07, 6.45) is 3.51. The number of H-pyrrole nitrogens is 1. The van der Waals surface area contributed by atoms with Crippen molar-refractivity contribution in [3.63, 3.8) is 0 Å². The van der Waals surface area contributed by atoms with Crippen molar-refractivity contribution < 1.29 is 8.42 Å². The summed E-state index contributed by atoms with van der Waals surface area (Å²) in [5, 5.41) is 6.24. The number of fused-ring (bicyclic) bond motifs is 1. The number of anilines is 1. The van der Waals surface area contributed by atoms with Crippen molar-refractivity contribution in [2.75, 3.05) is 10.8 Å². The SMILES string of the molecule is Cc1cccc2c1CCN2S(=O)(=O)c1cn[nH]c1. The van der Waals surface area contributed by atoms with E-state index in [1.54, 1.807) is 0 Å². The van der Waals surface area contributed by atoms with E-state index < -0.39 is 10.0 Å². The third-order valence-electron chi connectivity index (χ3n) is 3.28. The van der Waals surface area contributed by atoms with E-state index in [0.717, 1.165) is 23.2 Å². The average Bonchev–Trinajstić information content (AvgIpc) is 2.99. The Morgan fingerprint density at radius 3 is 2.94 bits per heavy atom. The van der Waals surface area contributed by atoms with Crippen molar-refractivity contribution in [2.45, 2.75) is 18.2 Å². The van der Waals surface area contributed by atoms with Crippen LogP contribution in [0.1, 0.15) is 11.1 Å². The Kier molecular flexibility index (Phi) is 2.41. The van der Waals surface area contributed by atoms with E-state index in [1.165, 1.54) is 16.7 Å². The van der Waals surface area contributed by atoms with Gasteiger partial charge in [0.05, 0.1) is 11.9 Å². The number of hydrogen-bond acceptors (Lipinski definition) is 3. The molecule has 94 valence electrons. The summed E-state index contributed by atoms with van der Waals surface area (Å²) in [6, 6.07) is 5.75. The van der Waals surface area contributed by atoms with E-state index in [9.17, 15) is 8.42 Å². The summed E-state index contributed by atoms with van der Waals surface area (Å²) in [7, 11) is -3.49. The molecule has 0 aliphatic carbocycles. The molecular formula is C12H13N3O2S. The summed E-state index contributed by atoms with van der Waals surface area (Å²) in [5.41, 5.74) is 3.04. The van der Waals surface area contributed by atoms with Gasteiger partial charge in [-0.2, -0.15) is 5.10 Å². The fourth-order valence-electron chi connectivity index (χ4n) is 2.34. The van der Waals surface area contributed by atoms with Crippen molar-refractivity contribution >= 4 is 15.7 Å². The molecule has 0 unspecified atom stereocenters. The number of aromatic amines is 1. The number of hydrogen-bond donors (Lipinski definition) is 1. The largest absolute Gasteiger partial charge is 0.284 e. The van der Waals surface area contributed by atoms with Gasteiger partial charge in [-0.05, 0) is 30.5 Å². The molecule has 0 spiro atoms. The second-order valence-electron chi connectivity index (χ2n) is 4.33. The molecule has 1 aliphatic rings. The molecule has 0 bridgehead atoms. The molecule has 0 fully saturated rings. The first kappa shape index (κ1) is 11.3. The number of aryl methyl sites for hydroxylation is 1. The highest BCUT2D eigenvalue weighted by molar-refractivity contribution is 7.92. The van der Waals surface area contributed by atoms with Gasteiger partial charge in [-0.15, -0.1) is 0 Å². The molecule has 0 saturated heterocycles. The molecule has 0 radical (unpaired) electrons. The lowest BCUT2D eigenvalue weighted by Gasteiger charge is -2.18. The summed E-state index contributed by atoms with van der Waals surface area (Å²) < 4.78 is 26.3. The number of rotatable bonds is 2. The predicted octanol–water partition coefficient (Wildman–Crippen LogP) is 1.47. The van der Waals surface area contributed by atoms with Crippen LogP contribution in [0, 0.1) is 6.92 Å². The first-order valence-corrected chi connectivity index (χ1v) is 7.15. The fraction of sp³-hybridized carbons (Fsp3) is 0.250. The van der Waals surface area contributed by atoms with Crippen LogP contribution in [0.2, 0.25) is 0 Å². The number of nitrogens with one attached hydrogen (secondary N) is 1. The van der Waals surface area contributed by atoms with Gasteiger partial charge in [-0.1, -0.05) is 12.1 Å². The lowest BCUT2D eigenvalue weighted by atomic mass is 10.1. The quantitative estimate of drug-likeness (QED) is 0.892. The average molecular weight is 263 g/mol. The Balaban J connectivity index is 2.11. The smallest absolute Gasteiger partial charge is 0.267 e. The number of benzene rings is 1. The van der Waals surface area contributed by atoms with Crippen LogP contribution in [0.25, 0.3) is 0 Å². The summed E-state index contributed by atoms with van der Waals surface area (Å²) >= 11 is 0. The van der Waals surface area contributed by atoms with E-state index in [0.29, 0.717) is 6.54 Å². The second kappa shape index (κ2) is 3.84. The predicted molar refractivity (Wildman–Crippen MR) is 68.0 cm³/mol. The first-order chi connectivity index (χ1) is 8.60. The van der Waals surface area contributed by atoms with E-state index in [1.807, 2.05) is 25.1 Å². The highest BCUT2D eigenvalue weighted by atomic mass is 32.2. The van der Waals surface area contributed by atoms with Gasteiger partial charge in [0.25, 0.3) is 10.0 Å². The monoisotopic (exact) mass is 263 g/mol. The molecule has 0 saturated carbocycles. The van der Waals surface area contributed by atoms with Gasteiger partial charge in [-0.25, -0.2) is 8.42 Å². The van der Waals surface area contributed by atoms with Crippen LogP contribution in [0.5, 0.6) is 0 Å². The molecular weight excluding hydrogens is 250 g/mol. The molecule has 0 amide bonds. The van der Waals surface area contributed by atoms with Crippen LogP contribution >= 0.6 is 0 Å². The van der Waals surface area contributed by atoms with Crippen LogP contribution in [0.4, 0.5) is 5.69 Å². The first-order valence-electron chi connectivity index (χ1n) is 5.71. The maximum Gasteiger partial charge on any atom is 0.267 e. The maximum absolute atomic E-state index is 12.4. The number of sulfonamides is 1. The lowest BCUT2D eigenvalue weighted by Crippen LogP contribution is -2.28. The van der Waals surface area contributed by atoms with Crippen LogP contribution in [0.3, 0.4) is 0 Å². The highest BCUT2D eigenvalue weighted by Crippen LogP contribution is 2.34. The number of nitrogens with zero attached hydrogens (tertiary/aromatic N) is 2.